The number of hydrogen-bond donors (Lipinski definition) is 1. The Morgan fingerprint density at radius 2 is 1.83 bits per heavy atom. The third-order valence-electron chi connectivity index (χ3n) is 5.69. The minimum atomic E-state index is -0.361. The number of hydrazine groups is 1. The van der Waals surface area contributed by atoms with Crippen LogP contribution in [0.25, 0.3) is 15.9 Å². The van der Waals surface area contributed by atoms with Gasteiger partial charge in [0.1, 0.15) is 11.0 Å². The molecule has 0 saturated heterocycles. The quantitative estimate of drug-likeness (QED) is 0.164. The normalized spacial score (nSPS) is 13.1. The molecule has 0 radical (unpaired) electrons. The van der Waals surface area contributed by atoms with Crippen LogP contribution in [0.5, 0.6) is 5.75 Å². The van der Waals surface area contributed by atoms with Gasteiger partial charge < -0.3 is 9.94 Å². The van der Waals surface area contributed by atoms with Crippen molar-refractivity contribution in [2.45, 2.75) is 26.2 Å². The van der Waals surface area contributed by atoms with E-state index >= 15 is 0 Å². The fourth-order valence-electron chi connectivity index (χ4n) is 3.78. The van der Waals surface area contributed by atoms with Crippen molar-refractivity contribution in [3.05, 3.63) is 95.3 Å². The molecule has 0 amide bonds. The summed E-state index contributed by atoms with van der Waals surface area (Å²) in [6.07, 6.45) is 5.38. The second-order valence-corrected chi connectivity index (χ2v) is 9.11. The van der Waals surface area contributed by atoms with E-state index in [2.05, 4.69) is 29.7 Å². The first-order chi connectivity index (χ1) is 17.1. The molecular weight excluding hydrogens is 462 g/mol. The minimum absolute atomic E-state index is 0.352. The molecule has 9 heteroatoms. The maximum atomic E-state index is 13.0. The number of hydrogen-bond acceptors (Lipinski definition) is 7. The highest BCUT2D eigenvalue weighted by Gasteiger charge is 2.23. The number of fused-ring (bicyclic) bond motifs is 1. The van der Waals surface area contributed by atoms with Gasteiger partial charge in [-0.15, -0.1) is 4.85 Å². The van der Waals surface area contributed by atoms with Crippen molar-refractivity contribution in [1.29, 1.82) is 0 Å². The van der Waals surface area contributed by atoms with Crippen molar-refractivity contribution in [2.24, 2.45) is 0 Å². The zero-order chi connectivity index (χ0) is 24.2. The first-order valence-corrected chi connectivity index (χ1v) is 12.3. The van der Waals surface area contributed by atoms with E-state index in [1.54, 1.807) is 48.3 Å². The summed E-state index contributed by atoms with van der Waals surface area (Å²) in [5.41, 5.74) is 6.49. The van der Waals surface area contributed by atoms with Crippen LogP contribution in [-0.2, 0) is 0 Å². The highest BCUT2D eigenvalue weighted by atomic mass is 32.2. The summed E-state index contributed by atoms with van der Waals surface area (Å²) in [6, 6.07) is 22.1. The van der Waals surface area contributed by atoms with Crippen LogP contribution in [0.3, 0.4) is 0 Å². The molecule has 1 aliphatic rings. The lowest BCUT2D eigenvalue weighted by Crippen LogP contribution is -2.31. The van der Waals surface area contributed by atoms with E-state index in [9.17, 15) is 10.0 Å². The number of para-hydroxylation sites is 2. The molecule has 0 saturated carbocycles. The molecule has 35 heavy (non-hydrogen) atoms. The summed E-state index contributed by atoms with van der Waals surface area (Å²) >= 11 is 1.56. The maximum Gasteiger partial charge on any atom is 0.366 e. The van der Waals surface area contributed by atoms with Crippen molar-refractivity contribution in [3.8, 4) is 5.75 Å². The largest absolute Gasteiger partial charge is 0.691 e. The molecule has 1 aliphatic heterocycles. The van der Waals surface area contributed by atoms with Crippen molar-refractivity contribution in [3.63, 3.8) is 0 Å². The number of nitrogens with one attached hydrogen (secondary N) is 1. The highest BCUT2D eigenvalue weighted by Crippen LogP contribution is 2.37. The van der Waals surface area contributed by atoms with Gasteiger partial charge >= 0.3 is 5.91 Å². The number of unbranched alkanes of at least 4 members (excludes halogenated alkanes) is 2. The average molecular weight is 488 g/mol. The Bertz CT molecular complexity index is 1370. The van der Waals surface area contributed by atoms with Gasteiger partial charge in [-0.3, -0.25) is 5.43 Å². The van der Waals surface area contributed by atoms with Crippen LogP contribution in [0.4, 0.5) is 5.69 Å². The number of anilines is 1. The molecule has 4 aromatic rings. The minimum Gasteiger partial charge on any atom is -0.691 e. The Labute approximate surface area is 207 Å². The molecule has 1 N–H and O–H groups in total. The maximum absolute atomic E-state index is 13.0. The zero-order valence-corrected chi connectivity index (χ0v) is 20.1. The van der Waals surface area contributed by atoms with E-state index in [0.717, 1.165) is 39.6 Å². The van der Waals surface area contributed by atoms with Gasteiger partial charge in [-0.25, -0.2) is 9.21 Å². The number of aromatic nitrogens is 3. The molecule has 1 aromatic heterocycles. The highest BCUT2D eigenvalue weighted by molar-refractivity contribution is 8.09. The van der Waals surface area contributed by atoms with Gasteiger partial charge in [0, 0.05) is 18.1 Å². The topological polar surface area (TPSA) is 86.3 Å². The van der Waals surface area contributed by atoms with E-state index in [1.165, 1.54) is 12.8 Å². The van der Waals surface area contributed by atoms with Crippen LogP contribution in [0, 0.1) is 5.21 Å². The monoisotopic (exact) mass is 487 g/mol. The number of rotatable bonds is 8. The number of carbonyl (C=O) groups is 1. The van der Waals surface area contributed by atoms with Crippen LogP contribution in [0.2, 0.25) is 0 Å². The lowest BCUT2D eigenvalue weighted by Gasteiger charge is -2.17. The summed E-state index contributed by atoms with van der Waals surface area (Å²) < 4.78 is 8.86. The van der Waals surface area contributed by atoms with Gasteiger partial charge in [-0.1, -0.05) is 48.7 Å². The van der Waals surface area contributed by atoms with E-state index in [1.807, 2.05) is 34.9 Å². The molecule has 0 unspecified atom stereocenters. The van der Waals surface area contributed by atoms with Crippen molar-refractivity contribution in [2.75, 3.05) is 11.0 Å². The van der Waals surface area contributed by atoms with E-state index in [-0.39, 0.29) is 5.91 Å². The molecule has 0 atom stereocenters. The number of carbonyl (C=O) groups excluding carboxylic acids is 1. The molecule has 0 spiro atoms. The average Bonchev–Trinajstić information content (AvgIpc) is 3.52. The van der Waals surface area contributed by atoms with Gasteiger partial charge in [0.15, 0.2) is 0 Å². The van der Waals surface area contributed by atoms with E-state index < -0.39 is 0 Å². The zero-order valence-electron chi connectivity index (χ0n) is 19.3. The summed E-state index contributed by atoms with van der Waals surface area (Å²) in [5, 5.41) is 15.8. The molecule has 8 nitrogen and oxygen atoms in total. The Balaban J connectivity index is 1.23. The summed E-state index contributed by atoms with van der Waals surface area (Å²) in [6.45, 7) is 2.92. The third-order valence-corrected chi connectivity index (χ3v) is 6.73. The number of ether oxygens (including phenoxy) is 1. The Morgan fingerprint density at radius 3 is 2.60 bits per heavy atom. The smallest absolute Gasteiger partial charge is 0.366 e. The van der Waals surface area contributed by atoms with E-state index in [4.69, 9.17) is 4.74 Å². The first-order valence-electron chi connectivity index (χ1n) is 11.5. The van der Waals surface area contributed by atoms with Crippen molar-refractivity contribution >= 4 is 39.5 Å². The lowest BCUT2D eigenvalue weighted by atomic mass is 10.2. The second-order valence-electron chi connectivity index (χ2n) is 8.12. The Kier molecular flexibility index (Phi) is 6.58. The summed E-state index contributed by atoms with van der Waals surface area (Å²) in [5.74, 6) is 0.520. The van der Waals surface area contributed by atoms with Crippen LogP contribution >= 0.6 is 11.9 Å². The molecule has 5 rings (SSSR count). The predicted molar refractivity (Wildman–Crippen MR) is 138 cm³/mol. The molecular formula is C26H25N5O3S. The van der Waals surface area contributed by atoms with Crippen molar-refractivity contribution < 1.29 is 14.4 Å². The molecule has 0 fully saturated rings. The molecule has 3 aromatic carbocycles. The van der Waals surface area contributed by atoms with E-state index in [0.29, 0.717) is 21.4 Å². The summed E-state index contributed by atoms with van der Waals surface area (Å²) in [4.78, 5) is 14.5. The molecule has 2 heterocycles. The fourth-order valence-corrected chi connectivity index (χ4v) is 4.66. The van der Waals surface area contributed by atoms with Crippen LogP contribution in [0.1, 0.15) is 42.1 Å². The fraction of sp³-hybridized carbons (Fsp3) is 0.192. The third kappa shape index (κ3) is 4.81. The van der Waals surface area contributed by atoms with Crippen LogP contribution in [0.15, 0.2) is 79.0 Å². The van der Waals surface area contributed by atoms with Gasteiger partial charge in [-0.05, 0) is 60.5 Å². The SMILES string of the molecule is CCCCCOc1ccc(C2=CNN(c3ccc(C(=O)n4n[n+]([O-])c5ccccc54)cc3)S2)cc1. The number of benzene rings is 3. The molecule has 0 aliphatic carbocycles. The van der Waals surface area contributed by atoms with Crippen molar-refractivity contribution in [1.82, 2.24) is 15.3 Å². The predicted octanol–water partition coefficient (Wildman–Crippen LogP) is 4.90. The second kappa shape index (κ2) is 10.1. The summed E-state index contributed by atoms with van der Waals surface area (Å²) in [7, 11) is 0. The Morgan fingerprint density at radius 1 is 1.06 bits per heavy atom. The molecule has 178 valence electrons. The van der Waals surface area contributed by atoms with Gasteiger partial charge in [0.2, 0.25) is 11.0 Å². The number of nitrogens with zero attached hydrogens (tertiary/aromatic N) is 4. The van der Waals surface area contributed by atoms with Gasteiger partial charge in [0.25, 0.3) is 0 Å². The lowest BCUT2D eigenvalue weighted by molar-refractivity contribution is -0.645. The molecule has 0 bridgehead atoms. The Hall–Kier alpha value is -3.98. The van der Waals surface area contributed by atoms with Gasteiger partial charge in [-0.2, -0.15) is 0 Å². The van der Waals surface area contributed by atoms with Crippen LogP contribution in [-0.4, -0.2) is 22.4 Å². The van der Waals surface area contributed by atoms with Crippen LogP contribution < -0.4 is 19.4 Å². The first kappa shape index (κ1) is 22.8. The van der Waals surface area contributed by atoms with Gasteiger partial charge in [0.05, 0.1) is 22.8 Å². The standard InChI is InChI=1S/C26H25N5O3S/c1-2-3-6-17-34-22-15-11-19(12-16-22)25-18-27-31(35-25)21-13-9-20(10-14-21)26(32)29-23-7-4-5-8-24(23)30(33)28-29/h4-5,7-16,18,27H,2-3,6,17H2,1H3.